The molecule has 2 aromatic rings. The Labute approximate surface area is 132 Å². The molecular weight excluding hydrogens is 334 g/mol. The lowest BCUT2D eigenvalue weighted by atomic mass is 9.91. The first-order chi connectivity index (χ1) is 9.40. The summed E-state index contributed by atoms with van der Waals surface area (Å²) in [6, 6.07) is 9.82. The zero-order chi connectivity index (χ0) is 14.8. The fourth-order valence-electron chi connectivity index (χ4n) is 1.89. The number of carbonyl (C=O) groups is 1. The van der Waals surface area contributed by atoms with Crippen LogP contribution in [0.1, 0.15) is 34.6 Å². The lowest BCUT2D eigenvalue weighted by molar-refractivity contribution is 0.0946. The minimum atomic E-state index is -0.0498. The van der Waals surface area contributed by atoms with Gasteiger partial charge in [0.05, 0.1) is 0 Å². The van der Waals surface area contributed by atoms with Crippen molar-refractivity contribution in [2.24, 2.45) is 0 Å². The summed E-state index contributed by atoms with van der Waals surface area (Å²) in [4.78, 5) is 13.5. The van der Waals surface area contributed by atoms with E-state index in [1.807, 2.05) is 31.2 Å². The molecule has 2 nitrogen and oxygen atoms in total. The molecule has 0 saturated carbocycles. The van der Waals surface area contributed by atoms with Gasteiger partial charge in [-0.2, -0.15) is 0 Å². The van der Waals surface area contributed by atoms with Gasteiger partial charge in [-0.1, -0.05) is 41.9 Å². The van der Waals surface area contributed by atoms with Gasteiger partial charge in [-0.15, -0.1) is 11.3 Å². The van der Waals surface area contributed by atoms with Crippen molar-refractivity contribution in [1.82, 2.24) is 5.32 Å². The lowest BCUT2D eigenvalue weighted by Gasteiger charge is -2.23. The first-order valence-corrected chi connectivity index (χ1v) is 8.16. The number of hydrogen-bond acceptors (Lipinski definition) is 2. The van der Waals surface area contributed by atoms with Crippen LogP contribution in [0.5, 0.6) is 0 Å². The number of nitrogens with one attached hydrogen (secondary N) is 1. The van der Waals surface area contributed by atoms with Gasteiger partial charge in [-0.25, -0.2) is 0 Å². The molecule has 0 aliphatic carbocycles. The number of amides is 1. The predicted molar refractivity (Wildman–Crippen MR) is 88.6 cm³/mol. The zero-order valence-corrected chi connectivity index (χ0v) is 14.3. The minimum absolute atomic E-state index is 0.0321. The second kappa shape index (κ2) is 6.10. The molecule has 0 spiro atoms. The van der Waals surface area contributed by atoms with Crippen LogP contribution in [0.3, 0.4) is 0 Å². The van der Waals surface area contributed by atoms with Crippen molar-refractivity contribution in [3.8, 4) is 0 Å². The Hall–Kier alpha value is -1.13. The molecule has 20 heavy (non-hydrogen) atoms. The smallest absolute Gasteiger partial charge is 0.251 e. The summed E-state index contributed by atoms with van der Waals surface area (Å²) in [7, 11) is 0. The van der Waals surface area contributed by atoms with Gasteiger partial charge in [0.25, 0.3) is 5.91 Å². The molecule has 0 radical (unpaired) electrons. The number of carbonyl (C=O) groups excluding carboxylic acids is 1. The molecular formula is C16H18BrNOS. The van der Waals surface area contributed by atoms with Crippen LogP contribution < -0.4 is 5.32 Å². The molecule has 1 aromatic heterocycles. The van der Waals surface area contributed by atoms with Crippen molar-refractivity contribution in [2.75, 3.05) is 6.54 Å². The molecule has 0 fully saturated rings. The van der Waals surface area contributed by atoms with Crippen LogP contribution in [0, 0.1) is 6.92 Å². The third kappa shape index (κ3) is 3.49. The van der Waals surface area contributed by atoms with Crippen LogP contribution >= 0.6 is 27.3 Å². The summed E-state index contributed by atoms with van der Waals surface area (Å²) < 4.78 is 0.961. The van der Waals surface area contributed by atoms with Crippen LogP contribution in [0.25, 0.3) is 0 Å². The Balaban J connectivity index is 2.03. The van der Waals surface area contributed by atoms with Crippen LogP contribution in [-0.4, -0.2) is 12.5 Å². The summed E-state index contributed by atoms with van der Waals surface area (Å²) >= 11 is 5.18. The molecule has 0 saturated heterocycles. The molecule has 1 aromatic carbocycles. The highest BCUT2D eigenvalue weighted by atomic mass is 79.9. The van der Waals surface area contributed by atoms with E-state index in [2.05, 4.69) is 46.5 Å². The maximum absolute atomic E-state index is 12.2. The molecule has 1 N–H and O–H groups in total. The first-order valence-electron chi connectivity index (χ1n) is 6.48. The second-order valence-corrected chi connectivity index (χ2v) is 7.31. The van der Waals surface area contributed by atoms with Crippen LogP contribution in [-0.2, 0) is 5.41 Å². The number of hydrogen-bond donors (Lipinski definition) is 1. The number of aryl methyl sites for hydroxylation is 1. The van der Waals surface area contributed by atoms with E-state index in [-0.39, 0.29) is 11.3 Å². The van der Waals surface area contributed by atoms with Gasteiger partial charge >= 0.3 is 0 Å². The topological polar surface area (TPSA) is 29.1 Å². The summed E-state index contributed by atoms with van der Waals surface area (Å²) in [6.45, 7) is 6.91. The highest BCUT2D eigenvalue weighted by Crippen LogP contribution is 2.26. The molecule has 0 aliphatic rings. The Morgan fingerprint density at radius 3 is 2.70 bits per heavy atom. The van der Waals surface area contributed by atoms with Crippen LogP contribution in [0.4, 0.5) is 0 Å². The Morgan fingerprint density at radius 2 is 2.10 bits per heavy atom. The molecule has 106 valence electrons. The minimum Gasteiger partial charge on any atom is -0.351 e. The standard InChI is InChI=1S/C16H18BrNOS/c1-11-6-7-12(9-13(11)17)15(19)18-10-16(2,3)14-5-4-8-20-14/h4-9H,10H2,1-3H3,(H,18,19). The molecule has 1 heterocycles. The second-order valence-electron chi connectivity index (χ2n) is 5.51. The normalized spacial score (nSPS) is 11.4. The summed E-state index contributed by atoms with van der Waals surface area (Å²) in [6.07, 6.45) is 0. The molecule has 0 aliphatic heterocycles. The van der Waals surface area contributed by atoms with Crippen molar-refractivity contribution in [2.45, 2.75) is 26.2 Å². The number of halogens is 1. The van der Waals surface area contributed by atoms with Gasteiger partial charge in [0.1, 0.15) is 0 Å². The third-order valence-corrected chi connectivity index (χ3v) is 5.40. The lowest BCUT2D eigenvalue weighted by Crippen LogP contribution is -2.36. The average Bonchev–Trinajstić information content (AvgIpc) is 2.94. The van der Waals surface area contributed by atoms with Crippen LogP contribution in [0.2, 0.25) is 0 Å². The zero-order valence-electron chi connectivity index (χ0n) is 11.9. The maximum atomic E-state index is 12.2. The van der Waals surface area contributed by atoms with Gasteiger partial charge in [0.15, 0.2) is 0 Å². The highest BCUT2D eigenvalue weighted by molar-refractivity contribution is 9.10. The monoisotopic (exact) mass is 351 g/mol. The third-order valence-electron chi connectivity index (χ3n) is 3.31. The van der Waals surface area contributed by atoms with Gasteiger partial charge < -0.3 is 5.32 Å². The molecule has 1 amide bonds. The van der Waals surface area contributed by atoms with Gasteiger partial charge in [-0.05, 0) is 36.1 Å². The summed E-state index contributed by atoms with van der Waals surface area (Å²) in [5, 5.41) is 5.09. The molecule has 4 heteroatoms. The Kier molecular flexibility index (Phi) is 4.66. The van der Waals surface area contributed by atoms with Gasteiger partial charge in [0.2, 0.25) is 0 Å². The van der Waals surface area contributed by atoms with Gasteiger partial charge in [-0.3, -0.25) is 4.79 Å². The van der Waals surface area contributed by atoms with Gasteiger partial charge in [0, 0.05) is 26.9 Å². The summed E-state index contributed by atoms with van der Waals surface area (Å²) in [5.41, 5.74) is 1.76. The fraction of sp³-hybridized carbons (Fsp3) is 0.312. The fourth-order valence-corrected chi connectivity index (χ4v) is 3.12. The maximum Gasteiger partial charge on any atom is 0.251 e. The number of rotatable bonds is 4. The van der Waals surface area contributed by atoms with E-state index in [9.17, 15) is 4.79 Å². The van der Waals surface area contributed by atoms with Crippen molar-refractivity contribution in [3.05, 3.63) is 56.2 Å². The molecule has 0 atom stereocenters. The number of benzene rings is 1. The van der Waals surface area contributed by atoms with E-state index in [0.717, 1.165) is 10.0 Å². The highest BCUT2D eigenvalue weighted by Gasteiger charge is 2.22. The van der Waals surface area contributed by atoms with Crippen molar-refractivity contribution in [3.63, 3.8) is 0 Å². The summed E-state index contributed by atoms with van der Waals surface area (Å²) in [5.74, 6) is -0.0321. The number of thiophene rings is 1. The van der Waals surface area contributed by atoms with Crippen LogP contribution in [0.15, 0.2) is 40.2 Å². The Morgan fingerprint density at radius 1 is 1.35 bits per heavy atom. The van der Waals surface area contributed by atoms with Crippen molar-refractivity contribution in [1.29, 1.82) is 0 Å². The van der Waals surface area contributed by atoms with E-state index >= 15 is 0 Å². The largest absolute Gasteiger partial charge is 0.351 e. The quantitative estimate of drug-likeness (QED) is 0.861. The van der Waals surface area contributed by atoms with Crippen molar-refractivity contribution >= 4 is 33.2 Å². The average molecular weight is 352 g/mol. The SMILES string of the molecule is Cc1ccc(C(=O)NCC(C)(C)c2cccs2)cc1Br. The predicted octanol–water partition coefficient (Wildman–Crippen LogP) is 4.53. The van der Waals surface area contributed by atoms with E-state index in [1.54, 1.807) is 11.3 Å². The van der Waals surface area contributed by atoms with Crippen molar-refractivity contribution < 1.29 is 4.79 Å². The van der Waals surface area contributed by atoms with E-state index in [4.69, 9.17) is 0 Å². The first kappa shape index (κ1) is 15.3. The molecule has 0 bridgehead atoms. The van der Waals surface area contributed by atoms with E-state index < -0.39 is 0 Å². The molecule has 2 rings (SSSR count). The molecule has 0 unspecified atom stereocenters. The Bertz CT molecular complexity index is 605. The van der Waals surface area contributed by atoms with E-state index in [0.29, 0.717) is 12.1 Å². The van der Waals surface area contributed by atoms with E-state index in [1.165, 1.54) is 4.88 Å².